The monoisotopic (exact) mass is 292 g/mol. The van der Waals surface area contributed by atoms with Gasteiger partial charge >= 0.3 is 6.16 Å². The van der Waals surface area contributed by atoms with Crippen LogP contribution < -0.4 is 0 Å². The lowest BCUT2D eigenvalue weighted by molar-refractivity contribution is -0.0767. The second-order valence-electron chi connectivity index (χ2n) is 4.90. The molecule has 0 saturated carbocycles. The number of unbranched alkanes of at least 4 members (excludes halogenated alkanes) is 1. The van der Waals surface area contributed by atoms with E-state index >= 15 is 0 Å². The Bertz CT molecular complexity index is 246. The summed E-state index contributed by atoms with van der Waals surface area (Å²) in [6, 6.07) is 0. The van der Waals surface area contributed by atoms with Crippen molar-refractivity contribution in [2.24, 2.45) is 0 Å². The lowest BCUT2D eigenvalue weighted by atomic mass is 10.3. The molecule has 20 heavy (non-hydrogen) atoms. The molecule has 0 saturated heterocycles. The van der Waals surface area contributed by atoms with Gasteiger partial charge in [0.1, 0.15) is 6.61 Å². The second kappa shape index (κ2) is 11.9. The smallest absolute Gasteiger partial charge is 0.450 e. The zero-order chi connectivity index (χ0) is 15.4. The summed E-state index contributed by atoms with van der Waals surface area (Å²) < 4.78 is 21.0. The van der Waals surface area contributed by atoms with Crippen molar-refractivity contribution in [1.82, 2.24) is 0 Å². The molecule has 0 radical (unpaired) electrons. The van der Waals surface area contributed by atoms with Crippen molar-refractivity contribution < 1.29 is 28.8 Å². The van der Waals surface area contributed by atoms with E-state index < -0.39 is 6.16 Å². The number of rotatable bonds is 12. The van der Waals surface area contributed by atoms with Crippen LogP contribution in [-0.2, 0) is 18.9 Å². The lowest BCUT2D eigenvalue weighted by Gasteiger charge is -2.19. The molecule has 0 aromatic carbocycles. The van der Waals surface area contributed by atoms with E-state index in [1.807, 2.05) is 13.8 Å². The number of ether oxygens (including phenoxy) is 4. The minimum Gasteiger partial charge on any atom is -0.450 e. The molecule has 0 fully saturated rings. The largest absolute Gasteiger partial charge is 0.505 e. The Morgan fingerprint density at radius 3 is 1.95 bits per heavy atom. The molecule has 0 aromatic rings. The third-order valence-electron chi connectivity index (χ3n) is 2.57. The molecule has 0 aliphatic rings. The van der Waals surface area contributed by atoms with Gasteiger partial charge in [-0.25, -0.2) is 4.79 Å². The molecule has 1 N–H and O–H groups in total. The van der Waals surface area contributed by atoms with E-state index in [-0.39, 0.29) is 24.9 Å². The molecule has 3 unspecified atom stereocenters. The molecule has 3 atom stereocenters. The van der Waals surface area contributed by atoms with Crippen molar-refractivity contribution in [3.05, 3.63) is 0 Å². The predicted octanol–water partition coefficient (Wildman–Crippen LogP) is 2.70. The van der Waals surface area contributed by atoms with Crippen LogP contribution in [0, 0.1) is 0 Å². The van der Waals surface area contributed by atoms with Gasteiger partial charge in [-0.05, 0) is 27.2 Å². The van der Waals surface area contributed by atoms with E-state index in [1.165, 1.54) is 0 Å². The highest BCUT2D eigenvalue weighted by Crippen LogP contribution is 2.01. The summed E-state index contributed by atoms with van der Waals surface area (Å²) in [7, 11) is 0. The van der Waals surface area contributed by atoms with Crippen LogP contribution in [0.2, 0.25) is 0 Å². The fourth-order valence-corrected chi connectivity index (χ4v) is 1.36. The summed E-state index contributed by atoms with van der Waals surface area (Å²) in [6.07, 6.45) is 0.604. The first-order chi connectivity index (χ1) is 9.45. The summed E-state index contributed by atoms with van der Waals surface area (Å²) in [4.78, 5) is 10.2. The maximum absolute atomic E-state index is 10.2. The molecular weight excluding hydrogens is 264 g/mol. The maximum Gasteiger partial charge on any atom is 0.505 e. The van der Waals surface area contributed by atoms with Gasteiger partial charge in [0.25, 0.3) is 0 Å². The molecule has 0 amide bonds. The van der Waals surface area contributed by atoms with Crippen LogP contribution in [0.4, 0.5) is 4.79 Å². The van der Waals surface area contributed by atoms with Gasteiger partial charge in [-0.3, -0.25) is 0 Å². The Hall–Kier alpha value is -0.850. The van der Waals surface area contributed by atoms with Crippen molar-refractivity contribution >= 4 is 6.16 Å². The second-order valence-corrected chi connectivity index (χ2v) is 4.90. The summed E-state index contributed by atoms with van der Waals surface area (Å²) in [5.74, 6) is 0. The maximum atomic E-state index is 10.2. The lowest BCUT2D eigenvalue weighted by Crippen LogP contribution is -2.27. The molecule has 0 heterocycles. The third kappa shape index (κ3) is 12.2. The Kier molecular flexibility index (Phi) is 11.4. The molecule has 0 aliphatic heterocycles. The Labute approximate surface area is 121 Å². The fourth-order valence-electron chi connectivity index (χ4n) is 1.36. The molecule has 120 valence electrons. The molecule has 0 bridgehead atoms. The van der Waals surface area contributed by atoms with E-state index in [1.54, 1.807) is 6.92 Å². The molecule has 0 spiro atoms. The van der Waals surface area contributed by atoms with Gasteiger partial charge in [-0.15, -0.1) is 0 Å². The molecule has 0 aromatic heterocycles. The fraction of sp³-hybridized carbons (Fsp3) is 0.929. The highest BCUT2D eigenvalue weighted by Gasteiger charge is 2.11. The topological polar surface area (TPSA) is 74.2 Å². The number of hydrogen-bond acceptors (Lipinski definition) is 5. The van der Waals surface area contributed by atoms with Gasteiger partial charge in [0.2, 0.25) is 0 Å². The summed E-state index contributed by atoms with van der Waals surface area (Å²) in [5.41, 5.74) is 0. The average Bonchev–Trinajstić information content (AvgIpc) is 2.40. The molecule has 0 aliphatic carbocycles. The zero-order valence-corrected chi connectivity index (χ0v) is 13.0. The first-order valence-corrected chi connectivity index (χ1v) is 7.16. The highest BCUT2D eigenvalue weighted by molar-refractivity contribution is 5.56. The minimum atomic E-state index is -1.29. The molecule has 6 heteroatoms. The van der Waals surface area contributed by atoms with E-state index in [0.29, 0.717) is 13.2 Å². The quantitative estimate of drug-likeness (QED) is 0.440. The summed E-state index contributed by atoms with van der Waals surface area (Å²) in [5, 5.41) is 8.36. The zero-order valence-electron chi connectivity index (χ0n) is 13.0. The van der Waals surface area contributed by atoms with Crippen LogP contribution >= 0.6 is 0 Å². The van der Waals surface area contributed by atoms with Crippen LogP contribution in [0.25, 0.3) is 0 Å². The average molecular weight is 292 g/mol. The van der Waals surface area contributed by atoms with Gasteiger partial charge < -0.3 is 24.1 Å². The Morgan fingerprint density at radius 1 is 0.950 bits per heavy atom. The van der Waals surface area contributed by atoms with Gasteiger partial charge in [-0.2, -0.15) is 0 Å². The van der Waals surface area contributed by atoms with Crippen molar-refractivity contribution in [3.63, 3.8) is 0 Å². The van der Waals surface area contributed by atoms with Crippen molar-refractivity contribution in [2.75, 3.05) is 26.4 Å². The molecule has 6 nitrogen and oxygen atoms in total. The van der Waals surface area contributed by atoms with Crippen LogP contribution in [0.15, 0.2) is 0 Å². The highest BCUT2D eigenvalue weighted by atomic mass is 16.7. The van der Waals surface area contributed by atoms with Gasteiger partial charge in [0.05, 0.1) is 31.5 Å². The first-order valence-electron chi connectivity index (χ1n) is 7.16. The Balaban J connectivity index is 3.57. The standard InChI is InChI=1S/C14H28O6/c1-5-6-7-17-11(2)8-18-12(3)9-19-13(4)10-20-14(15)16/h11-13H,5-10H2,1-4H3,(H,15,16). The normalized spacial score (nSPS) is 15.6. The van der Waals surface area contributed by atoms with Crippen molar-refractivity contribution in [1.29, 1.82) is 0 Å². The number of hydrogen-bond donors (Lipinski definition) is 1. The summed E-state index contributed by atoms with van der Waals surface area (Å²) in [6.45, 7) is 9.47. The summed E-state index contributed by atoms with van der Waals surface area (Å²) >= 11 is 0. The van der Waals surface area contributed by atoms with Crippen molar-refractivity contribution in [3.8, 4) is 0 Å². The first kappa shape index (κ1) is 19.1. The van der Waals surface area contributed by atoms with Crippen LogP contribution in [0.1, 0.15) is 40.5 Å². The van der Waals surface area contributed by atoms with Crippen LogP contribution in [0.3, 0.4) is 0 Å². The molecule has 0 rings (SSSR count). The van der Waals surface area contributed by atoms with Crippen LogP contribution in [0.5, 0.6) is 0 Å². The third-order valence-corrected chi connectivity index (χ3v) is 2.57. The van der Waals surface area contributed by atoms with E-state index in [9.17, 15) is 4.79 Å². The van der Waals surface area contributed by atoms with E-state index in [0.717, 1.165) is 19.4 Å². The van der Waals surface area contributed by atoms with Gasteiger partial charge in [0.15, 0.2) is 0 Å². The van der Waals surface area contributed by atoms with Gasteiger partial charge in [-0.1, -0.05) is 13.3 Å². The molecular formula is C14H28O6. The van der Waals surface area contributed by atoms with E-state index in [2.05, 4.69) is 11.7 Å². The van der Waals surface area contributed by atoms with E-state index in [4.69, 9.17) is 19.3 Å². The predicted molar refractivity (Wildman–Crippen MR) is 75.1 cm³/mol. The van der Waals surface area contributed by atoms with Crippen LogP contribution in [-0.4, -0.2) is 56.0 Å². The van der Waals surface area contributed by atoms with Crippen molar-refractivity contribution in [2.45, 2.75) is 58.8 Å². The van der Waals surface area contributed by atoms with Gasteiger partial charge in [0, 0.05) is 6.61 Å². The number of carbonyl (C=O) groups is 1. The number of carboxylic acid groups (broad SMARTS) is 1. The minimum absolute atomic E-state index is 0.0264. The Morgan fingerprint density at radius 2 is 1.45 bits per heavy atom. The SMILES string of the molecule is CCCCOC(C)COC(C)COC(C)COC(=O)O.